The summed E-state index contributed by atoms with van der Waals surface area (Å²) in [7, 11) is 1.94. The number of hydrogen-bond acceptors (Lipinski definition) is 7. The minimum Gasteiger partial charge on any atom is -0.379 e. The van der Waals surface area contributed by atoms with Crippen LogP contribution in [0.2, 0.25) is 0 Å². The number of nitrogens with one attached hydrogen (secondary N) is 1. The van der Waals surface area contributed by atoms with Crippen LogP contribution in [0.5, 0.6) is 0 Å². The predicted molar refractivity (Wildman–Crippen MR) is 104 cm³/mol. The van der Waals surface area contributed by atoms with Gasteiger partial charge in [0.25, 0.3) is 0 Å². The molecule has 7 nitrogen and oxygen atoms in total. The average molecular weight is 372 g/mol. The fourth-order valence-corrected chi connectivity index (χ4v) is 4.21. The van der Waals surface area contributed by atoms with Gasteiger partial charge >= 0.3 is 0 Å². The van der Waals surface area contributed by atoms with E-state index in [0.717, 1.165) is 66.2 Å². The number of aryl methyl sites for hydroxylation is 4. The molecule has 3 aromatic heterocycles. The van der Waals surface area contributed by atoms with Gasteiger partial charge in [-0.3, -0.25) is 9.58 Å². The Hall–Kier alpha value is -2.03. The molecule has 1 aliphatic rings. The summed E-state index contributed by atoms with van der Waals surface area (Å²) in [6.07, 6.45) is 0. The number of rotatable bonds is 4. The molecule has 138 valence electrons. The minimum atomic E-state index is 0.741. The Bertz CT molecular complexity index is 921. The first kappa shape index (κ1) is 17.4. The molecular weight excluding hydrogens is 348 g/mol. The second-order valence-electron chi connectivity index (χ2n) is 6.76. The van der Waals surface area contributed by atoms with E-state index < -0.39 is 0 Å². The second-order valence-corrected chi connectivity index (χ2v) is 7.96. The molecule has 0 saturated carbocycles. The maximum absolute atomic E-state index is 5.44. The third-order valence-corrected chi connectivity index (χ3v) is 6.01. The van der Waals surface area contributed by atoms with E-state index in [9.17, 15) is 0 Å². The molecule has 1 fully saturated rings. The largest absolute Gasteiger partial charge is 0.379 e. The van der Waals surface area contributed by atoms with E-state index in [2.05, 4.69) is 29.2 Å². The van der Waals surface area contributed by atoms with Gasteiger partial charge in [0.15, 0.2) is 5.82 Å². The normalized spacial score (nSPS) is 15.7. The lowest BCUT2D eigenvalue weighted by atomic mass is 10.2. The zero-order valence-corrected chi connectivity index (χ0v) is 16.5. The zero-order chi connectivity index (χ0) is 18.3. The van der Waals surface area contributed by atoms with E-state index in [4.69, 9.17) is 14.7 Å². The van der Waals surface area contributed by atoms with Gasteiger partial charge in [-0.25, -0.2) is 9.97 Å². The zero-order valence-electron chi connectivity index (χ0n) is 15.7. The summed E-state index contributed by atoms with van der Waals surface area (Å²) in [5.41, 5.74) is 2.34. The molecule has 1 saturated heterocycles. The van der Waals surface area contributed by atoms with E-state index in [1.807, 2.05) is 24.7 Å². The molecule has 1 N–H and O–H groups in total. The van der Waals surface area contributed by atoms with Gasteiger partial charge in [0, 0.05) is 36.8 Å². The predicted octanol–water partition coefficient (Wildman–Crippen LogP) is 2.93. The SMILES string of the molecule is Cc1sc2nc(CN3CCOCC3)nc(Nc3cc(C)n(C)n3)c2c1C. The average Bonchev–Trinajstić information content (AvgIpc) is 3.07. The fraction of sp³-hybridized carbons (Fsp3) is 0.500. The van der Waals surface area contributed by atoms with Crippen LogP contribution in [0, 0.1) is 20.8 Å². The van der Waals surface area contributed by atoms with Gasteiger partial charge in [-0.1, -0.05) is 0 Å². The summed E-state index contributed by atoms with van der Waals surface area (Å²) >= 11 is 1.73. The van der Waals surface area contributed by atoms with Crippen LogP contribution in [0.3, 0.4) is 0 Å². The molecule has 4 rings (SSSR count). The highest BCUT2D eigenvalue weighted by molar-refractivity contribution is 7.18. The van der Waals surface area contributed by atoms with Crippen molar-refractivity contribution in [3.63, 3.8) is 0 Å². The Morgan fingerprint density at radius 3 is 2.65 bits per heavy atom. The first-order valence-corrected chi connectivity index (χ1v) is 9.67. The monoisotopic (exact) mass is 372 g/mol. The van der Waals surface area contributed by atoms with Crippen LogP contribution in [-0.2, 0) is 18.3 Å². The molecule has 8 heteroatoms. The summed E-state index contributed by atoms with van der Waals surface area (Å²) < 4.78 is 7.30. The number of morpholine rings is 1. The van der Waals surface area contributed by atoms with Gasteiger partial charge in [0.2, 0.25) is 0 Å². The quantitative estimate of drug-likeness (QED) is 0.759. The van der Waals surface area contributed by atoms with Gasteiger partial charge in [-0.2, -0.15) is 5.10 Å². The first-order valence-electron chi connectivity index (χ1n) is 8.85. The number of nitrogens with zero attached hydrogens (tertiary/aromatic N) is 5. The molecule has 4 heterocycles. The fourth-order valence-electron chi connectivity index (χ4n) is 3.16. The highest BCUT2D eigenvalue weighted by atomic mass is 32.1. The molecule has 3 aromatic rings. The van der Waals surface area contributed by atoms with E-state index >= 15 is 0 Å². The van der Waals surface area contributed by atoms with E-state index in [-0.39, 0.29) is 0 Å². The van der Waals surface area contributed by atoms with Crippen molar-refractivity contribution in [2.45, 2.75) is 27.3 Å². The standard InChI is InChI=1S/C18H24N6OS/c1-11-9-14(22-23(11)4)19-17-16-12(2)13(3)26-18(16)21-15(20-17)10-24-5-7-25-8-6-24/h9H,5-8,10H2,1-4H3,(H,19,20,21,22). The number of anilines is 2. The van der Waals surface area contributed by atoms with Gasteiger partial charge in [0.05, 0.1) is 25.1 Å². The van der Waals surface area contributed by atoms with Crippen molar-refractivity contribution < 1.29 is 4.74 Å². The summed E-state index contributed by atoms with van der Waals surface area (Å²) in [4.78, 5) is 14.3. The van der Waals surface area contributed by atoms with E-state index in [1.54, 1.807) is 11.3 Å². The van der Waals surface area contributed by atoms with Gasteiger partial charge < -0.3 is 10.1 Å². The Morgan fingerprint density at radius 1 is 1.19 bits per heavy atom. The van der Waals surface area contributed by atoms with Crippen LogP contribution in [0.15, 0.2) is 6.07 Å². The first-order chi connectivity index (χ1) is 12.5. The number of hydrogen-bond donors (Lipinski definition) is 1. The highest BCUT2D eigenvalue weighted by Gasteiger charge is 2.18. The molecule has 0 spiro atoms. The van der Waals surface area contributed by atoms with Crippen LogP contribution in [0.4, 0.5) is 11.6 Å². The Labute approximate surface area is 157 Å². The lowest BCUT2D eigenvalue weighted by Gasteiger charge is -2.25. The molecule has 0 aromatic carbocycles. The molecule has 0 amide bonds. The summed E-state index contributed by atoms with van der Waals surface area (Å²) in [5.74, 6) is 2.50. The number of ether oxygens (including phenoxy) is 1. The lowest BCUT2D eigenvalue weighted by Crippen LogP contribution is -2.36. The van der Waals surface area contributed by atoms with Crippen molar-refractivity contribution in [1.82, 2.24) is 24.6 Å². The van der Waals surface area contributed by atoms with Gasteiger partial charge in [-0.15, -0.1) is 11.3 Å². The lowest BCUT2D eigenvalue weighted by molar-refractivity contribution is 0.0331. The van der Waals surface area contributed by atoms with Crippen molar-refractivity contribution in [2.24, 2.45) is 7.05 Å². The van der Waals surface area contributed by atoms with Crippen LogP contribution in [-0.4, -0.2) is 51.0 Å². The minimum absolute atomic E-state index is 0.741. The van der Waals surface area contributed by atoms with Crippen LogP contribution in [0.1, 0.15) is 22.0 Å². The van der Waals surface area contributed by atoms with Crippen molar-refractivity contribution in [1.29, 1.82) is 0 Å². The Morgan fingerprint density at radius 2 is 1.96 bits per heavy atom. The van der Waals surface area contributed by atoms with E-state index in [1.165, 1.54) is 10.4 Å². The van der Waals surface area contributed by atoms with Crippen LogP contribution in [0.25, 0.3) is 10.2 Å². The maximum atomic E-state index is 5.44. The van der Waals surface area contributed by atoms with Crippen molar-refractivity contribution >= 4 is 33.2 Å². The Balaban J connectivity index is 1.72. The molecule has 0 bridgehead atoms. The van der Waals surface area contributed by atoms with Crippen molar-refractivity contribution in [3.8, 4) is 0 Å². The summed E-state index contributed by atoms with van der Waals surface area (Å²) in [6.45, 7) is 10.4. The molecule has 0 unspecified atom stereocenters. The van der Waals surface area contributed by atoms with Crippen LogP contribution < -0.4 is 5.32 Å². The molecule has 26 heavy (non-hydrogen) atoms. The van der Waals surface area contributed by atoms with Gasteiger partial charge in [-0.05, 0) is 26.3 Å². The molecule has 0 aliphatic carbocycles. The molecule has 0 atom stereocenters. The smallest absolute Gasteiger partial charge is 0.153 e. The third kappa shape index (κ3) is 3.32. The Kier molecular flexibility index (Phi) is 4.64. The third-order valence-electron chi connectivity index (χ3n) is 4.90. The summed E-state index contributed by atoms with van der Waals surface area (Å²) in [6, 6.07) is 2.03. The number of thiophene rings is 1. The topological polar surface area (TPSA) is 68.1 Å². The molecular formula is C18H24N6OS. The van der Waals surface area contributed by atoms with Gasteiger partial charge in [0.1, 0.15) is 16.5 Å². The summed E-state index contributed by atoms with van der Waals surface area (Å²) in [5, 5.41) is 9.04. The maximum Gasteiger partial charge on any atom is 0.153 e. The van der Waals surface area contributed by atoms with Crippen molar-refractivity contribution in [2.75, 3.05) is 31.6 Å². The van der Waals surface area contributed by atoms with Crippen molar-refractivity contribution in [3.05, 3.63) is 28.0 Å². The number of aromatic nitrogens is 4. The van der Waals surface area contributed by atoms with E-state index in [0.29, 0.717) is 0 Å². The number of fused-ring (bicyclic) bond motifs is 1. The molecule has 1 aliphatic heterocycles. The second kappa shape index (κ2) is 6.94. The molecule has 0 radical (unpaired) electrons. The van der Waals surface area contributed by atoms with Crippen LogP contribution >= 0.6 is 11.3 Å². The highest BCUT2D eigenvalue weighted by Crippen LogP contribution is 2.34.